The Balaban J connectivity index is 1.64. The van der Waals surface area contributed by atoms with E-state index in [0.717, 1.165) is 42.1 Å². The third-order valence-electron chi connectivity index (χ3n) is 5.45. The summed E-state index contributed by atoms with van der Waals surface area (Å²) in [6.45, 7) is 2.97. The Labute approximate surface area is 149 Å². The molecule has 1 N–H and O–H groups in total. The second-order valence-corrected chi connectivity index (χ2v) is 7.69. The van der Waals surface area contributed by atoms with Gasteiger partial charge in [0, 0.05) is 29.6 Å². The van der Waals surface area contributed by atoms with Gasteiger partial charge in [-0.1, -0.05) is 41.9 Å². The molecular formula is C21H24ClNO. The van der Waals surface area contributed by atoms with Crippen LogP contribution in [-0.2, 0) is 6.54 Å². The molecule has 1 fully saturated rings. The topological polar surface area (TPSA) is 21.3 Å². The van der Waals surface area contributed by atoms with Gasteiger partial charge >= 0.3 is 0 Å². The zero-order valence-electron chi connectivity index (χ0n) is 14.1. The van der Waals surface area contributed by atoms with Gasteiger partial charge in [-0.15, -0.1) is 0 Å². The van der Waals surface area contributed by atoms with Gasteiger partial charge in [0.05, 0.1) is 0 Å². The number of benzene rings is 2. The highest BCUT2D eigenvalue weighted by Gasteiger charge is 2.43. The predicted molar refractivity (Wildman–Crippen MR) is 98.7 cm³/mol. The number of hydrogen-bond donors (Lipinski definition) is 1. The average Bonchev–Trinajstić information content (AvgIpc) is 3.02. The van der Waals surface area contributed by atoms with Crippen molar-refractivity contribution in [3.8, 4) is 5.75 Å². The summed E-state index contributed by atoms with van der Waals surface area (Å²) >= 11 is 6.33. The second kappa shape index (κ2) is 6.42. The smallest absolute Gasteiger partial charge is 0.127 e. The van der Waals surface area contributed by atoms with Crippen LogP contribution in [0, 0.1) is 6.92 Å². The van der Waals surface area contributed by atoms with Crippen molar-refractivity contribution in [3.05, 3.63) is 64.2 Å². The van der Waals surface area contributed by atoms with Crippen LogP contribution in [0.3, 0.4) is 0 Å². The summed E-state index contributed by atoms with van der Waals surface area (Å²) in [7, 11) is 0. The summed E-state index contributed by atoms with van der Waals surface area (Å²) in [4.78, 5) is 0. The molecule has 1 saturated carbocycles. The predicted octanol–water partition coefficient (Wildman–Crippen LogP) is 5.57. The summed E-state index contributed by atoms with van der Waals surface area (Å²) < 4.78 is 6.55. The van der Waals surface area contributed by atoms with Crippen molar-refractivity contribution < 1.29 is 4.74 Å². The molecule has 3 heteroatoms. The van der Waals surface area contributed by atoms with E-state index < -0.39 is 0 Å². The lowest BCUT2D eigenvalue weighted by molar-refractivity contribution is 0.0356. The van der Waals surface area contributed by atoms with Crippen molar-refractivity contribution in [1.29, 1.82) is 0 Å². The third-order valence-corrected chi connectivity index (χ3v) is 5.67. The van der Waals surface area contributed by atoms with E-state index in [1.165, 1.54) is 24.0 Å². The van der Waals surface area contributed by atoms with Crippen LogP contribution in [0.5, 0.6) is 5.75 Å². The number of aryl methyl sites for hydroxylation is 1. The Kier molecular flexibility index (Phi) is 4.28. The van der Waals surface area contributed by atoms with Crippen LogP contribution in [0.15, 0.2) is 42.5 Å². The summed E-state index contributed by atoms with van der Waals surface area (Å²) in [5.74, 6) is 1.05. The maximum absolute atomic E-state index is 6.55. The molecule has 2 nitrogen and oxygen atoms in total. The number of fused-ring (bicyclic) bond motifs is 1. The van der Waals surface area contributed by atoms with Crippen LogP contribution in [0.25, 0.3) is 0 Å². The first-order chi connectivity index (χ1) is 11.7. The standard InChI is InChI=1S/C21H24ClNO/c1-15-11-17(22)12-18-19(23-14-16-7-3-2-4-8-16)13-21(24-20(15)18)9-5-6-10-21/h2-4,7-8,11-12,19,23H,5-6,9-10,13-14H2,1H3. The molecule has 24 heavy (non-hydrogen) atoms. The number of halogens is 1. The summed E-state index contributed by atoms with van der Waals surface area (Å²) in [6, 6.07) is 15.0. The van der Waals surface area contributed by atoms with Crippen LogP contribution in [0.2, 0.25) is 5.02 Å². The molecule has 0 saturated heterocycles. The maximum Gasteiger partial charge on any atom is 0.127 e. The first kappa shape index (κ1) is 16.0. The molecule has 1 spiro atoms. The molecule has 0 radical (unpaired) electrons. The minimum absolute atomic E-state index is 0.0138. The SMILES string of the molecule is Cc1cc(Cl)cc2c1OC1(CCCC1)CC2NCc1ccccc1. The summed E-state index contributed by atoms with van der Waals surface area (Å²) in [5, 5.41) is 4.56. The van der Waals surface area contributed by atoms with Crippen molar-refractivity contribution in [2.75, 3.05) is 0 Å². The van der Waals surface area contributed by atoms with E-state index in [0.29, 0.717) is 6.04 Å². The largest absolute Gasteiger partial charge is 0.487 e. The normalized spacial score (nSPS) is 21.5. The van der Waals surface area contributed by atoms with Crippen LogP contribution < -0.4 is 10.1 Å². The van der Waals surface area contributed by atoms with Crippen molar-refractivity contribution in [2.45, 2.75) is 57.2 Å². The zero-order valence-corrected chi connectivity index (χ0v) is 14.9. The van der Waals surface area contributed by atoms with Crippen LogP contribution in [-0.4, -0.2) is 5.60 Å². The Morgan fingerprint density at radius 1 is 1.17 bits per heavy atom. The summed E-state index contributed by atoms with van der Waals surface area (Å²) in [6.07, 6.45) is 5.91. The van der Waals surface area contributed by atoms with Gasteiger partial charge in [0.1, 0.15) is 11.4 Å². The molecule has 1 aliphatic carbocycles. The third kappa shape index (κ3) is 3.05. The van der Waals surface area contributed by atoms with Gasteiger partial charge in [-0.25, -0.2) is 0 Å². The van der Waals surface area contributed by atoms with E-state index in [2.05, 4.69) is 48.6 Å². The number of hydrogen-bond acceptors (Lipinski definition) is 2. The van der Waals surface area contributed by atoms with Crippen molar-refractivity contribution in [1.82, 2.24) is 5.32 Å². The fraction of sp³-hybridized carbons (Fsp3) is 0.429. The maximum atomic E-state index is 6.55. The van der Waals surface area contributed by atoms with E-state index in [9.17, 15) is 0 Å². The lowest BCUT2D eigenvalue weighted by Crippen LogP contribution is -2.42. The highest BCUT2D eigenvalue weighted by Crippen LogP contribution is 2.49. The zero-order chi connectivity index (χ0) is 16.6. The number of nitrogens with one attached hydrogen (secondary N) is 1. The van der Waals surface area contributed by atoms with Crippen LogP contribution in [0.1, 0.15) is 54.8 Å². The highest BCUT2D eigenvalue weighted by molar-refractivity contribution is 6.30. The highest BCUT2D eigenvalue weighted by atomic mass is 35.5. The fourth-order valence-corrected chi connectivity index (χ4v) is 4.52. The molecule has 0 bridgehead atoms. The summed E-state index contributed by atoms with van der Waals surface area (Å²) in [5.41, 5.74) is 3.69. The van der Waals surface area contributed by atoms with Gasteiger partial charge < -0.3 is 10.1 Å². The van der Waals surface area contributed by atoms with Crippen LogP contribution >= 0.6 is 11.6 Å². The van der Waals surface area contributed by atoms with Gasteiger partial charge in [0.15, 0.2) is 0 Å². The van der Waals surface area contributed by atoms with E-state index in [4.69, 9.17) is 16.3 Å². The lowest BCUT2D eigenvalue weighted by atomic mass is 9.85. The van der Waals surface area contributed by atoms with Gasteiger partial charge in [-0.3, -0.25) is 0 Å². The second-order valence-electron chi connectivity index (χ2n) is 7.26. The minimum atomic E-state index is 0.0138. The lowest BCUT2D eigenvalue weighted by Gasteiger charge is -2.41. The Morgan fingerprint density at radius 2 is 1.92 bits per heavy atom. The number of ether oxygens (including phenoxy) is 1. The van der Waals surface area contributed by atoms with E-state index in [1.54, 1.807) is 0 Å². The van der Waals surface area contributed by atoms with Gasteiger partial charge in [0.2, 0.25) is 0 Å². The molecule has 2 aliphatic rings. The number of rotatable bonds is 3. The van der Waals surface area contributed by atoms with Crippen molar-refractivity contribution in [3.63, 3.8) is 0 Å². The van der Waals surface area contributed by atoms with Gasteiger partial charge in [0.25, 0.3) is 0 Å². The van der Waals surface area contributed by atoms with Crippen LogP contribution in [0.4, 0.5) is 0 Å². The Morgan fingerprint density at radius 3 is 2.67 bits per heavy atom. The molecule has 1 heterocycles. The molecule has 1 atom stereocenters. The van der Waals surface area contributed by atoms with Gasteiger partial charge in [-0.05, 0) is 55.9 Å². The molecule has 126 valence electrons. The quantitative estimate of drug-likeness (QED) is 0.787. The molecule has 2 aromatic rings. The fourth-order valence-electron chi connectivity index (χ4n) is 4.24. The minimum Gasteiger partial charge on any atom is -0.487 e. The molecule has 0 aromatic heterocycles. The Bertz CT molecular complexity index is 722. The monoisotopic (exact) mass is 341 g/mol. The van der Waals surface area contributed by atoms with Crippen molar-refractivity contribution >= 4 is 11.6 Å². The van der Waals surface area contributed by atoms with Gasteiger partial charge in [-0.2, -0.15) is 0 Å². The van der Waals surface area contributed by atoms with Crippen molar-refractivity contribution in [2.24, 2.45) is 0 Å². The first-order valence-electron chi connectivity index (χ1n) is 8.92. The van der Waals surface area contributed by atoms with E-state index in [1.807, 2.05) is 6.07 Å². The molecule has 1 unspecified atom stereocenters. The van der Waals surface area contributed by atoms with E-state index >= 15 is 0 Å². The average molecular weight is 342 g/mol. The molecule has 4 rings (SSSR count). The Hall–Kier alpha value is -1.51. The first-order valence-corrected chi connectivity index (χ1v) is 9.29. The molecular weight excluding hydrogens is 318 g/mol. The van der Waals surface area contributed by atoms with E-state index in [-0.39, 0.29) is 5.60 Å². The molecule has 0 amide bonds. The molecule has 2 aromatic carbocycles. The molecule has 1 aliphatic heterocycles.